The van der Waals surface area contributed by atoms with Gasteiger partial charge in [0, 0.05) is 31.4 Å². The van der Waals surface area contributed by atoms with Crippen LogP contribution >= 0.6 is 0 Å². The average molecular weight is 701 g/mol. The van der Waals surface area contributed by atoms with Crippen molar-refractivity contribution in [1.82, 2.24) is 26.3 Å². The highest BCUT2D eigenvalue weighted by Gasteiger charge is 2.33. The standard InChI is InChI=1S/C23H32N4O4.C7H16N2O.C6H10.CH2O2/c1-23(2,3)20(27-22(30)31-4)21(29)26-15-18(28)14-24-13-16-8-10-17(11-9-16)19-7-5-6-12-25-19;1-7(2,3)5(9-4)6(8)10;1-4-5-6(2)3;2-1-3/h5-12,18,20,24,28H,13-15H2,1-4H3,(H,26,29)(H,27,30);5,9H,1-4H3,(H2,8,10);4-5H,2H2,1,3H3;1H,(H,2,3)/b;;5-4-;. The molecule has 0 bridgehead atoms. The van der Waals surface area contributed by atoms with Crippen molar-refractivity contribution in [2.24, 2.45) is 16.6 Å². The Morgan fingerprint density at radius 3 is 1.92 bits per heavy atom. The Morgan fingerprint density at radius 2 is 1.56 bits per heavy atom. The Morgan fingerprint density at radius 1 is 1.00 bits per heavy atom. The van der Waals surface area contributed by atoms with Gasteiger partial charge < -0.3 is 42.0 Å². The van der Waals surface area contributed by atoms with Gasteiger partial charge in [-0.25, -0.2) is 4.79 Å². The van der Waals surface area contributed by atoms with Crippen molar-refractivity contribution < 1.29 is 34.1 Å². The van der Waals surface area contributed by atoms with E-state index in [1.807, 2.05) is 110 Å². The summed E-state index contributed by atoms with van der Waals surface area (Å²) in [6.45, 7) is 19.8. The molecule has 0 aliphatic rings. The molecule has 2 aromatic rings. The molecule has 1 aromatic heterocycles. The maximum absolute atomic E-state index is 12.5. The summed E-state index contributed by atoms with van der Waals surface area (Å²) < 4.78 is 4.59. The van der Waals surface area contributed by atoms with E-state index in [9.17, 15) is 19.5 Å². The lowest BCUT2D eigenvalue weighted by Gasteiger charge is -2.30. The summed E-state index contributed by atoms with van der Waals surface area (Å²) in [5.41, 5.74) is 8.67. The third-order valence-corrected chi connectivity index (χ3v) is 6.60. The van der Waals surface area contributed by atoms with Crippen LogP contribution < -0.4 is 27.0 Å². The molecule has 0 aliphatic heterocycles. The van der Waals surface area contributed by atoms with Gasteiger partial charge in [-0.1, -0.05) is 96.2 Å². The molecule has 3 atom stereocenters. The van der Waals surface area contributed by atoms with Crippen LogP contribution in [0.2, 0.25) is 0 Å². The highest BCUT2D eigenvalue weighted by Crippen LogP contribution is 2.20. The molecule has 1 heterocycles. The Kier molecular flexibility index (Phi) is 24.1. The molecule has 0 saturated carbocycles. The topological polar surface area (TPSA) is 205 Å². The van der Waals surface area contributed by atoms with Crippen molar-refractivity contribution in [3.8, 4) is 11.3 Å². The molecule has 0 radical (unpaired) electrons. The summed E-state index contributed by atoms with van der Waals surface area (Å²) in [6, 6.07) is 12.8. The van der Waals surface area contributed by atoms with Crippen LogP contribution in [0.1, 0.15) is 61.0 Å². The number of benzene rings is 1. The summed E-state index contributed by atoms with van der Waals surface area (Å²) in [5, 5.41) is 28.3. The molecule has 3 amide bonds. The van der Waals surface area contributed by atoms with E-state index in [-0.39, 0.29) is 36.3 Å². The maximum atomic E-state index is 12.5. The molecule has 3 unspecified atom stereocenters. The van der Waals surface area contributed by atoms with Gasteiger partial charge in [-0.15, -0.1) is 0 Å². The number of allylic oxidation sites excluding steroid dienone is 3. The van der Waals surface area contributed by atoms with E-state index < -0.39 is 23.7 Å². The number of carboxylic acid groups (broad SMARTS) is 1. The number of alkyl carbamates (subject to hydrolysis) is 1. The number of nitrogens with two attached hydrogens (primary N) is 1. The molecule has 0 aliphatic carbocycles. The number of pyridine rings is 1. The van der Waals surface area contributed by atoms with Gasteiger partial charge in [-0.3, -0.25) is 19.4 Å². The summed E-state index contributed by atoms with van der Waals surface area (Å²) in [4.78, 5) is 47.4. The zero-order chi connectivity index (χ0) is 38.9. The number of amides is 3. The number of carbonyl (C=O) groups excluding carboxylic acids is 3. The molecule has 13 nitrogen and oxygen atoms in total. The van der Waals surface area contributed by atoms with Gasteiger partial charge in [0.15, 0.2) is 0 Å². The predicted molar refractivity (Wildman–Crippen MR) is 199 cm³/mol. The highest BCUT2D eigenvalue weighted by atomic mass is 16.5. The van der Waals surface area contributed by atoms with E-state index in [0.717, 1.165) is 22.4 Å². The van der Waals surface area contributed by atoms with Gasteiger partial charge in [-0.2, -0.15) is 0 Å². The third-order valence-electron chi connectivity index (χ3n) is 6.60. The molecular formula is C37H60N6O7. The fraction of sp³-hybridized carbons (Fsp3) is 0.486. The monoisotopic (exact) mass is 700 g/mol. The first kappa shape index (κ1) is 47.5. The number of likely N-dealkylation sites (N-methyl/N-ethyl adjacent to an activating group) is 1. The summed E-state index contributed by atoms with van der Waals surface area (Å²) >= 11 is 0. The minimum Gasteiger partial charge on any atom is -0.483 e. The molecule has 2 rings (SSSR count). The third kappa shape index (κ3) is 22.1. The first-order valence-electron chi connectivity index (χ1n) is 16.1. The number of carbonyl (C=O) groups is 4. The summed E-state index contributed by atoms with van der Waals surface area (Å²) in [6.07, 6.45) is 4.27. The van der Waals surface area contributed by atoms with E-state index >= 15 is 0 Å². The van der Waals surface area contributed by atoms with Crippen molar-refractivity contribution in [1.29, 1.82) is 0 Å². The Labute approximate surface area is 298 Å². The van der Waals surface area contributed by atoms with Crippen LogP contribution in [0.4, 0.5) is 4.79 Å². The number of nitrogens with one attached hydrogen (secondary N) is 4. The normalized spacial score (nSPS) is 12.5. The SMILES string of the molecule is C=C(C)/C=C\C.CNC(C(N)=O)C(C)(C)C.COC(=O)NC(C(=O)NCC(O)CNCc1ccc(-c2ccccn2)cc1)C(C)(C)C.O=CO. The number of nitrogens with zero attached hydrogens (tertiary/aromatic N) is 1. The lowest BCUT2D eigenvalue weighted by atomic mass is 9.86. The molecule has 0 saturated heterocycles. The smallest absolute Gasteiger partial charge is 0.407 e. The molecule has 0 fully saturated rings. The lowest BCUT2D eigenvalue weighted by molar-refractivity contribution is -0.126. The van der Waals surface area contributed by atoms with E-state index in [1.54, 1.807) is 13.2 Å². The first-order chi connectivity index (χ1) is 23.3. The molecule has 280 valence electrons. The Bertz CT molecular complexity index is 1300. The van der Waals surface area contributed by atoms with Gasteiger partial charge in [0.1, 0.15) is 6.04 Å². The number of rotatable bonds is 12. The molecule has 0 spiro atoms. The zero-order valence-corrected chi connectivity index (χ0v) is 31.4. The average Bonchev–Trinajstić information content (AvgIpc) is 3.03. The number of hydrogen-bond acceptors (Lipinski definition) is 9. The van der Waals surface area contributed by atoms with Gasteiger partial charge in [-0.05, 0) is 49.4 Å². The summed E-state index contributed by atoms with van der Waals surface area (Å²) in [7, 11) is 2.98. The minimum atomic E-state index is -0.780. The Hall–Kier alpha value is -4.59. The van der Waals surface area contributed by atoms with Crippen LogP contribution in [-0.2, 0) is 25.7 Å². The zero-order valence-electron chi connectivity index (χ0n) is 31.4. The van der Waals surface area contributed by atoms with E-state index in [2.05, 4.69) is 37.6 Å². The molecular weight excluding hydrogens is 640 g/mol. The van der Waals surface area contributed by atoms with Gasteiger partial charge in [0.25, 0.3) is 6.47 Å². The van der Waals surface area contributed by atoms with Crippen molar-refractivity contribution >= 4 is 24.4 Å². The van der Waals surface area contributed by atoms with Crippen LogP contribution in [0.5, 0.6) is 0 Å². The number of hydrogen-bond donors (Lipinski definition) is 7. The number of aliphatic hydroxyl groups excluding tert-OH is 1. The van der Waals surface area contributed by atoms with Crippen molar-refractivity contribution in [3.63, 3.8) is 0 Å². The van der Waals surface area contributed by atoms with Crippen LogP contribution in [0.3, 0.4) is 0 Å². The number of methoxy groups -OCH3 is 1. The van der Waals surface area contributed by atoms with Gasteiger partial charge >= 0.3 is 6.09 Å². The fourth-order valence-corrected chi connectivity index (χ4v) is 4.24. The van der Waals surface area contributed by atoms with Crippen molar-refractivity contribution in [3.05, 3.63) is 78.5 Å². The second-order valence-corrected chi connectivity index (χ2v) is 13.3. The van der Waals surface area contributed by atoms with E-state index in [0.29, 0.717) is 13.1 Å². The van der Waals surface area contributed by atoms with Crippen LogP contribution in [0, 0.1) is 10.8 Å². The van der Waals surface area contributed by atoms with E-state index in [1.165, 1.54) is 7.11 Å². The molecule has 1 aromatic carbocycles. The maximum Gasteiger partial charge on any atom is 0.407 e. The number of aromatic nitrogens is 1. The van der Waals surface area contributed by atoms with Crippen molar-refractivity contribution in [2.45, 2.75) is 80.1 Å². The van der Waals surface area contributed by atoms with Crippen molar-refractivity contribution in [2.75, 3.05) is 27.2 Å². The van der Waals surface area contributed by atoms with Crippen LogP contribution in [-0.4, -0.2) is 85.0 Å². The quantitative estimate of drug-likeness (QED) is 0.125. The highest BCUT2D eigenvalue weighted by molar-refractivity contribution is 5.86. The summed E-state index contributed by atoms with van der Waals surface area (Å²) in [5.74, 6) is -0.669. The molecule has 13 heteroatoms. The van der Waals surface area contributed by atoms with Gasteiger partial charge in [0.05, 0.1) is 24.9 Å². The predicted octanol–water partition coefficient (Wildman–Crippen LogP) is 4.03. The molecule has 50 heavy (non-hydrogen) atoms. The largest absolute Gasteiger partial charge is 0.483 e. The van der Waals surface area contributed by atoms with E-state index in [4.69, 9.17) is 15.6 Å². The number of primary amides is 1. The lowest BCUT2D eigenvalue weighted by Crippen LogP contribution is -2.54. The van der Waals surface area contributed by atoms with Crippen LogP contribution in [0.25, 0.3) is 11.3 Å². The number of ether oxygens (including phenoxy) is 1. The van der Waals surface area contributed by atoms with Crippen LogP contribution in [0.15, 0.2) is 73.0 Å². The second-order valence-electron chi connectivity index (χ2n) is 13.3. The first-order valence-corrected chi connectivity index (χ1v) is 16.1. The second kappa shape index (κ2) is 25.4. The Balaban J connectivity index is 0. The fourth-order valence-electron chi connectivity index (χ4n) is 4.24. The number of aliphatic hydroxyl groups is 1. The van der Waals surface area contributed by atoms with Gasteiger partial charge in [0.2, 0.25) is 11.8 Å². The minimum absolute atomic E-state index is 0.0693. The molecule has 8 N–H and O–H groups in total.